The molecule has 1 saturated heterocycles. The molecule has 0 bridgehead atoms. The molecule has 1 fully saturated rings. The minimum atomic E-state index is -1.10. The number of rotatable bonds is 6. The highest BCUT2D eigenvalue weighted by molar-refractivity contribution is 7.13. The highest BCUT2D eigenvalue weighted by Crippen LogP contribution is 2.31. The standard InChI is InChI=1S/C21H23FN6O4S/c1-21(2,3)28(19(29)30)9-15-8-27(20(31)32-15)14-4-5-16(17(22)6-14)18-25-13(10-33-18)7-26-12-23-11-24-26/h4-6,10-12,15H,7-9H2,1-3H3,(H,29,30)/t15-/m1/s1. The lowest BCUT2D eigenvalue weighted by atomic mass is 10.1. The van der Waals surface area contributed by atoms with Crippen molar-refractivity contribution in [3.63, 3.8) is 0 Å². The molecule has 0 unspecified atom stereocenters. The average molecular weight is 475 g/mol. The highest BCUT2D eigenvalue weighted by Gasteiger charge is 2.37. The van der Waals surface area contributed by atoms with Crippen LogP contribution in [0.15, 0.2) is 36.2 Å². The fourth-order valence-electron chi connectivity index (χ4n) is 3.50. The number of ether oxygens (including phenoxy) is 1. The molecule has 1 N–H and O–H groups in total. The van der Waals surface area contributed by atoms with Gasteiger partial charge in [0.2, 0.25) is 0 Å². The van der Waals surface area contributed by atoms with Gasteiger partial charge in [-0.2, -0.15) is 5.10 Å². The molecule has 0 spiro atoms. The summed E-state index contributed by atoms with van der Waals surface area (Å²) in [7, 11) is 0. The Bertz CT molecular complexity index is 1160. The Morgan fingerprint density at radius 3 is 2.82 bits per heavy atom. The summed E-state index contributed by atoms with van der Waals surface area (Å²) in [4.78, 5) is 34.9. The second-order valence-corrected chi connectivity index (χ2v) is 9.44. The van der Waals surface area contributed by atoms with Crippen molar-refractivity contribution >= 4 is 29.2 Å². The second kappa shape index (κ2) is 8.77. The maximum atomic E-state index is 14.9. The zero-order valence-corrected chi connectivity index (χ0v) is 19.1. The first-order chi connectivity index (χ1) is 15.6. The van der Waals surface area contributed by atoms with Gasteiger partial charge in [0.25, 0.3) is 0 Å². The van der Waals surface area contributed by atoms with Crippen molar-refractivity contribution in [1.82, 2.24) is 24.6 Å². The quantitative estimate of drug-likeness (QED) is 0.580. The molecule has 1 aliphatic heterocycles. The summed E-state index contributed by atoms with van der Waals surface area (Å²) >= 11 is 1.31. The van der Waals surface area contributed by atoms with Gasteiger partial charge in [-0.15, -0.1) is 11.3 Å². The van der Waals surface area contributed by atoms with Crippen molar-refractivity contribution in [3.05, 3.63) is 47.7 Å². The number of anilines is 1. The third-order valence-corrected chi connectivity index (χ3v) is 6.06. The number of benzene rings is 1. The number of hydrogen-bond donors (Lipinski definition) is 1. The Hall–Kier alpha value is -3.54. The number of amides is 2. The summed E-state index contributed by atoms with van der Waals surface area (Å²) in [6, 6.07) is 4.46. The van der Waals surface area contributed by atoms with Crippen LogP contribution in [0.25, 0.3) is 10.6 Å². The van der Waals surface area contributed by atoms with E-state index in [9.17, 15) is 19.1 Å². The molecule has 0 saturated carbocycles. The van der Waals surface area contributed by atoms with Gasteiger partial charge < -0.3 is 9.84 Å². The average Bonchev–Trinajstić information content (AvgIpc) is 3.47. The first-order valence-corrected chi connectivity index (χ1v) is 11.1. The smallest absolute Gasteiger partial charge is 0.414 e. The number of thiazole rings is 1. The summed E-state index contributed by atoms with van der Waals surface area (Å²) < 4.78 is 21.9. The van der Waals surface area contributed by atoms with Gasteiger partial charge in [-0.05, 0) is 39.0 Å². The van der Waals surface area contributed by atoms with Crippen LogP contribution in [-0.2, 0) is 11.3 Å². The minimum absolute atomic E-state index is 0.0231. The topological polar surface area (TPSA) is 114 Å². The second-order valence-electron chi connectivity index (χ2n) is 8.58. The van der Waals surface area contributed by atoms with Crippen molar-refractivity contribution < 1.29 is 23.8 Å². The molecule has 2 amide bonds. The van der Waals surface area contributed by atoms with E-state index in [0.717, 1.165) is 5.69 Å². The number of halogens is 1. The molecule has 33 heavy (non-hydrogen) atoms. The molecule has 10 nitrogen and oxygen atoms in total. The number of carbonyl (C=O) groups excluding carboxylic acids is 1. The van der Waals surface area contributed by atoms with Crippen LogP contribution in [0.4, 0.5) is 19.7 Å². The Labute approximate surface area is 193 Å². The van der Waals surface area contributed by atoms with Crippen LogP contribution in [0.3, 0.4) is 0 Å². The first kappa shape index (κ1) is 22.6. The normalized spacial score (nSPS) is 16.2. The largest absolute Gasteiger partial charge is 0.465 e. The van der Waals surface area contributed by atoms with Gasteiger partial charge in [-0.25, -0.2) is 28.6 Å². The molecular formula is C21H23FN6O4S. The summed E-state index contributed by atoms with van der Waals surface area (Å²) in [5, 5.41) is 15.8. The van der Waals surface area contributed by atoms with Gasteiger partial charge in [0.1, 0.15) is 29.6 Å². The molecule has 4 rings (SSSR count). The van der Waals surface area contributed by atoms with Crippen LogP contribution in [0.1, 0.15) is 26.5 Å². The van der Waals surface area contributed by atoms with Gasteiger partial charge in [-0.1, -0.05) is 0 Å². The van der Waals surface area contributed by atoms with Gasteiger partial charge >= 0.3 is 12.2 Å². The van der Waals surface area contributed by atoms with Crippen LogP contribution in [0.2, 0.25) is 0 Å². The van der Waals surface area contributed by atoms with E-state index in [4.69, 9.17) is 4.74 Å². The van der Waals surface area contributed by atoms with Crippen LogP contribution >= 0.6 is 11.3 Å². The fourth-order valence-corrected chi connectivity index (χ4v) is 4.34. The van der Waals surface area contributed by atoms with E-state index in [-0.39, 0.29) is 13.1 Å². The number of hydrogen-bond acceptors (Lipinski definition) is 7. The molecular weight excluding hydrogens is 451 g/mol. The SMILES string of the molecule is CC(C)(C)N(C[C@H]1CN(c2ccc(-c3nc(Cn4cncn4)cs3)c(F)c2)C(=O)O1)C(=O)O. The molecule has 2 aromatic heterocycles. The van der Waals surface area contributed by atoms with Crippen LogP contribution in [0.5, 0.6) is 0 Å². The Morgan fingerprint density at radius 2 is 2.18 bits per heavy atom. The number of aromatic nitrogens is 4. The van der Waals surface area contributed by atoms with Crippen molar-refractivity contribution in [3.8, 4) is 10.6 Å². The van der Waals surface area contributed by atoms with Crippen molar-refractivity contribution in [2.45, 2.75) is 39.0 Å². The number of nitrogens with zero attached hydrogens (tertiary/aromatic N) is 6. The van der Waals surface area contributed by atoms with Crippen molar-refractivity contribution in [2.75, 3.05) is 18.0 Å². The monoisotopic (exact) mass is 474 g/mol. The van der Waals surface area contributed by atoms with Crippen LogP contribution in [0, 0.1) is 5.82 Å². The fraction of sp³-hybridized carbons (Fsp3) is 0.381. The third-order valence-electron chi connectivity index (χ3n) is 5.14. The lowest BCUT2D eigenvalue weighted by molar-refractivity contribution is 0.0605. The number of carboxylic acid groups (broad SMARTS) is 1. The zero-order valence-electron chi connectivity index (χ0n) is 18.3. The van der Waals surface area contributed by atoms with E-state index < -0.39 is 29.6 Å². The van der Waals surface area contributed by atoms with E-state index >= 15 is 0 Å². The maximum absolute atomic E-state index is 14.9. The zero-order chi connectivity index (χ0) is 23.8. The third kappa shape index (κ3) is 4.95. The van der Waals surface area contributed by atoms with Crippen molar-refractivity contribution in [1.29, 1.82) is 0 Å². The Kier molecular flexibility index (Phi) is 6.02. The number of carbonyl (C=O) groups is 2. The molecule has 174 valence electrons. The molecule has 3 heterocycles. The summed E-state index contributed by atoms with van der Waals surface area (Å²) in [6.07, 6.45) is 0.610. The minimum Gasteiger partial charge on any atom is -0.465 e. The van der Waals surface area contributed by atoms with Gasteiger partial charge in [0, 0.05) is 16.5 Å². The van der Waals surface area contributed by atoms with Crippen molar-refractivity contribution in [2.24, 2.45) is 0 Å². The van der Waals surface area contributed by atoms with E-state index in [2.05, 4.69) is 15.1 Å². The lowest BCUT2D eigenvalue weighted by Crippen LogP contribution is -2.49. The highest BCUT2D eigenvalue weighted by atomic mass is 32.1. The van der Waals surface area contributed by atoms with Gasteiger partial charge in [0.15, 0.2) is 0 Å². The molecule has 12 heteroatoms. The predicted molar refractivity (Wildman–Crippen MR) is 119 cm³/mol. The van der Waals surface area contributed by atoms with E-state index in [1.807, 2.05) is 5.38 Å². The number of cyclic esters (lactones) is 1. The first-order valence-electron chi connectivity index (χ1n) is 10.2. The van der Waals surface area contributed by atoms with E-state index in [1.54, 1.807) is 43.9 Å². The summed E-state index contributed by atoms with van der Waals surface area (Å²) in [5.41, 5.74) is 0.736. The molecule has 1 aliphatic rings. The molecule has 1 atom stereocenters. The summed E-state index contributed by atoms with van der Waals surface area (Å²) in [6.45, 7) is 5.87. The summed E-state index contributed by atoms with van der Waals surface area (Å²) in [5.74, 6) is -0.521. The van der Waals surface area contributed by atoms with E-state index in [0.29, 0.717) is 22.8 Å². The van der Waals surface area contributed by atoms with Gasteiger partial charge in [0.05, 0.1) is 31.0 Å². The lowest BCUT2D eigenvalue weighted by Gasteiger charge is -2.34. The Balaban J connectivity index is 1.47. The van der Waals surface area contributed by atoms with Crippen LogP contribution < -0.4 is 4.90 Å². The molecule has 0 aliphatic carbocycles. The Morgan fingerprint density at radius 1 is 1.39 bits per heavy atom. The molecule has 3 aromatic rings. The maximum Gasteiger partial charge on any atom is 0.414 e. The van der Waals surface area contributed by atoms with Gasteiger partial charge in [-0.3, -0.25) is 9.80 Å². The van der Waals surface area contributed by atoms with Crippen LogP contribution in [-0.4, -0.2) is 66.7 Å². The molecule has 1 aromatic carbocycles. The molecule has 0 radical (unpaired) electrons. The predicted octanol–water partition coefficient (Wildman–Crippen LogP) is 3.69. The van der Waals surface area contributed by atoms with E-state index in [1.165, 1.54) is 33.5 Å².